The fraction of sp³-hybridized carbons (Fsp3) is 0.923. The largest absolute Gasteiger partial charge is 0.694 e. The number of rotatable bonds is 12. The fourth-order valence-electron chi connectivity index (χ4n) is 2.02. The summed E-state index contributed by atoms with van der Waals surface area (Å²) in [4.78, 5) is 20.3. The summed E-state index contributed by atoms with van der Waals surface area (Å²) in [6, 6.07) is -0.461. The summed E-state index contributed by atoms with van der Waals surface area (Å²) >= 11 is 2.18. The maximum Gasteiger partial charge on any atom is 0.694 e. The van der Waals surface area contributed by atoms with Crippen LogP contribution in [0, 0.1) is 0 Å². The van der Waals surface area contributed by atoms with Crippen molar-refractivity contribution in [3.63, 3.8) is 0 Å². The first-order chi connectivity index (χ1) is 11.7. The van der Waals surface area contributed by atoms with E-state index < -0.39 is 20.4 Å². The van der Waals surface area contributed by atoms with Gasteiger partial charge in [-0.1, -0.05) is 44.2 Å². The Labute approximate surface area is 172 Å². The molecule has 2 radical (unpaired) electrons. The van der Waals surface area contributed by atoms with Crippen LogP contribution in [0.25, 0.3) is 0 Å². The van der Waals surface area contributed by atoms with Crippen LogP contribution in [0.2, 0.25) is 0 Å². The van der Waals surface area contributed by atoms with Gasteiger partial charge in [0.1, 0.15) is 26.5 Å². The van der Waals surface area contributed by atoms with Gasteiger partial charge in [0.2, 0.25) is 5.91 Å². The molecule has 4 atom stereocenters. The van der Waals surface area contributed by atoms with Crippen molar-refractivity contribution in [1.29, 1.82) is 0 Å². The van der Waals surface area contributed by atoms with Crippen LogP contribution >= 0.6 is 52.4 Å². The lowest BCUT2D eigenvalue weighted by atomic mass is 9.96. The molecule has 2 N–H and O–H groups in total. The number of alkyl halides is 1. The number of hydrogen-bond donors (Lipinski definition) is 2. The predicted molar refractivity (Wildman–Crippen MR) is 110 cm³/mol. The molecule has 0 saturated carbocycles. The second kappa shape index (κ2) is 12.4. The van der Waals surface area contributed by atoms with Gasteiger partial charge in [-0.25, -0.2) is 0 Å². The van der Waals surface area contributed by atoms with Crippen LogP contribution in [0.5, 0.6) is 0 Å². The van der Waals surface area contributed by atoms with Crippen LogP contribution in [-0.2, 0) is 23.4 Å². The Bertz CT molecular complexity index is 451. The highest BCUT2D eigenvalue weighted by Crippen LogP contribution is 2.36. The molecular formula is C13H23BINO6PS2+. The monoisotopic (exact) mass is 522 g/mol. The number of carbonyl (C=O) groups is 1. The summed E-state index contributed by atoms with van der Waals surface area (Å²) in [6.45, 7) is 4.66. The Kier molecular flexibility index (Phi) is 11.9. The van der Waals surface area contributed by atoms with Crippen molar-refractivity contribution in [2.24, 2.45) is 0 Å². The van der Waals surface area contributed by atoms with E-state index >= 15 is 0 Å². The second-order valence-electron chi connectivity index (χ2n) is 5.98. The molecule has 0 aromatic rings. The van der Waals surface area contributed by atoms with Crippen LogP contribution in [-0.4, -0.2) is 65.1 Å². The molecule has 25 heavy (non-hydrogen) atoms. The van der Waals surface area contributed by atoms with Crippen molar-refractivity contribution >= 4 is 66.2 Å². The van der Waals surface area contributed by atoms with E-state index in [9.17, 15) is 9.36 Å². The van der Waals surface area contributed by atoms with Gasteiger partial charge >= 0.3 is 8.25 Å². The Morgan fingerprint density at radius 3 is 2.92 bits per heavy atom. The highest BCUT2D eigenvalue weighted by molar-refractivity contribution is 14.1. The number of ether oxygens (including phenoxy) is 2. The van der Waals surface area contributed by atoms with Gasteiger partial charge in [0.05, 0.1) is 6.10 Å². The van der Waals surface area contributed by atoms with Crippen molar-refractivity contribution in [2.75, 3.05) is 23.5 Å². The van der Waals surface area contributed by atoms with Gasteiger partial charge in [-0.05, 0) is 20.3 Å². The average molecular weight is 522 g/mol. The minimum atomic E-state index is -2.66. The molecule has 0 bridgehead atoms. The zero-order chi connectivity index (χ0) is 18.9. The van der Waals surface area contributed by atoms with E-state index in [4.69, 9.17) is 26.7 Å². The average Bonchev–Trinajstić information content (AvgIpc) is 2.88. The minimum absolute atomic E-state index is 0.0315. The predicted octanol–water partition coefficient (Wildman–Crippen LogP) is 2.38. The van der Waals surface area contributed by atoms with Gasteiger partial charge in [0.25, 0.3) is 0 Å². The van der Waals surface area contributed by atoms with Crippen LogP contribution in [0.4, 0.5) is 0 Å². The maximum atomic E-state index is 11.5. The van der Waals surface area contributed by atoms with Crippen LogP contribution in [0.3, 0.4) is 0 Å². The third kappa shape index (κ3) is 10.7. The first-order valence-corrected chi connectivity index (χ1v) is 12.7. The molecule has 1 aliphatic heterocycles. The smallest absolute Gasteiger partial charge is 0.379 e. The summed E-state index contributed by atoms with van der Waals surface area (Å²) in [5.41, 5.74) is 0. The molecule has 7 nitrogen and oxygen atoms in total. The van der Waals surface area contributed by atoms with E-state index in [1.807, 2.05) is 0 Å². The van der Waals surface area contributed by atoms with Crippen molar-refractivity contribution in [3.05, 3.63) is 0 Å². The van der Waals surface area contributed by atoms with E-state index in [0.29, 0.717) is 25.3 Å². The van der Waals surface area contributed by atoms with E-state index in [1.54, 1.807) is 10.8 Å². The summed E-state index contributed by atoms with van der Waals surface area (Å²) in [7, 11) is 6.24. The lowest BCUT2D eigenvalue weighted by Gasteiger charge is -2.24. The molecule has 12 heteroatoms. The van der Waals surface area contributed by atoms with Gasteiger partial charge in [0.15, 0.2) is 0 Å². The van der Waals surface area contributed by atoms with E-state index in [1.165, 1.54) is 10.8 Å². The fourth-order valence-corrected chi connectivity index (χ4v) is 4.96. The zero-order valence-corrected chi connectivity index (χ0v) is 18.9. The number of carbonyl (C=O) groups excluding carboxylic acids is 1. The molecule has 1 amide bonds. The van der Waals surface area contributed by atoms with Gasteiger partial charge in [-0.15, -0.1) is 9.42 Å². The molecule has 0 aromatic heterocycles. The van der Waals surface area contributed by atoms with E-state index in [-0.39, 0.29) is 23.4 Å². The number of amides is 1. The summed E-state index contributed by atoms with van der Waals surface area (Å²) in [5, 5.41) is 2.92. The molecular weight excluding hydrogens is 499 g/mol. The van der Waals surface area contributed by atoms with Crippen LogP contribution in [0.1, 0.15) is 26.7 Å². The molecule has 1 saturated heterocycles. The number of halogens is 1. The van der Waals surface area contributed by atoms with Crippen LogP contribution in [0.15, 0.2) is 0 Å². The van der Waals surface area contributed by atoms with Gasteiger partial charge < -0.3 is 14.8 Å². The van der Waals surface area contributed by atoms with E-state index in [2.05, 4.69) is 41.8 Å². The lowest BCUT2D eigenvalue weighted by Crippen LogP contribution is -2.36. The second-order valence-corrected chi connectivity index (χ2v) is 10.7. The number of hydrogen-bond acceptors (Lipinski definition) is 7. The molecule has 0 aliphatic carbocycles. The van der Waals surface area contributed by atoms with Crippen molar-refractivity contribution in [1.82, 2.24) is 5.32 Å². The molecule has 142 valence electrons. The first kappa shape index (κ1) is 23.9. The molecule has 1 unspecified atom stereocenters. The molecule has 1 aliphatic rings. The molecule has 1 fully saturated rings. The topological polar surface area (TPSA) is 94.1 Å². The summed E-state index contributed by atoms with van der Waals surface area (Å²) < 4.78 is 27.2. The van der Waals surface area contributed by atoms with Crippen LogP contribution < -0.4 is 5.32 Å². The maximum absolute atomic E-state index is 11.5. The Morgan fingerprint density at radius 2 is 2.28 bits per heavy atom. The summed E-state index contributed by atoms with van der Waals surface area (Å²) in [5.74, 6) is 0.477. The number of nitrogens with one attached hydrogen (secondary N) is 1. The Morgan fingerprint density at radius 1 is 1.56 bits per heavy atom. The third-order valence-corrected chi connectivity index (χ3v) is 7.08. The normalized spacial score (nSPS) is 24.3. The third-order valence-electron chi connectivity index (χ3n) is 3.23. The quantitative estimate of drug-likeness (QED) is 0.0769. The molecule has 0 spiro atoms. The zero-order valence-electron chi connectivity index (χ0n) is 14.2. The van der Waals surface area contributed by atoms with Crippen molar-refractivity contribution in [3.8, 4) is 0 Å². The lowest BCUT2D eigenvalue weighted by molar-refractivity contribution is -0.120. The molecule has 0 aromatic carbocycles. The standard InChI is InChI=1S/C13H22BINO6PS2/c1-13(2,7-16-12(17)3-4-15)25-24-8-20-9-5-11(14)22-10(9)6-21-23(18)19/h9-11H,3-8H2,1-2H3,(H-,16,17,18,19)/p+1/t9-,10-,11-/m1/s1. The Hall–Kier alpha value is 0.905. The van der Waals surface area contributed by atoms with Gasteiger partial charge in [0, 0.05) is 32.7 Å². The van der Waals surface area contributed by atoms with Gasteiger partial charge in [-0.3, -0.25) is 4.79 Å². The highest BCUT2D eigenvalue weighted by atomic mass is 127. The van der Waals surface area contributed by atoms with Crippen molar-refractivity contribution < 1.29 is 28.3 Å². The summed E-state index contributed by atoms with van der Waals surface area (Å²) in [6.07, 6.45) is 0.316. The first-order valence-electron chi connectivity index (χ1n) is 7.68. The molecule has 1 rings (SSSR count). The van der Waals surface area contributed by atoms with E-state index in [0.717, 1.165) is 4.43 Å². The minimum Gasteiger partial charge on any atom is -0.379 e. The Balaban J connectivity index is 2.26. The molecule has 1 heterocycles. The van der Waals surface area contributed by atoms with Gasteiger partial charge in [-0.2, -0.15) is 0 Å². The highest BCUT2D eigenvalue weighted by Gasteiger charge is 2.36. The van der Waals surface area contributed by atoms with Crippen molar-refractivity contribution in [2.45, 2.75) is 49.6 Å². The SMILES string of the molecule is [B][C@H]1C[C@@H](OCSSC(C)(C)CNC(=O)CCI)[C@@H](CO[P+](=O)O)O1.